The summed E-state index contributed by atoms with van der Waals surface area (Å²) < 4.78 is 2.14. The Morgan fingerprint density at radius 2 is 2.11 bits per heavy atom. The highest BCUT2D eigenvalue weighted by atomic mass is 32.2. The van der Waals surface area contributed by atoms with Crippen molar-refractivity contribution in [3.8, 4) is 11.4 Å². The number of aryl methyl sites for hydroxylation is 2. The molecule has 3 aromatic rings. The van der Waals surface area contributed by atoms with Gasteiger partial charge in [0.2, 0.25) is 5.91 Å². The molecule has 1 amide bonds. The van der Waals surface area contributed by atoms with Crippen LogP contribution in [0.3, 0.4) is 0 Å². The van der Waals surface area contributed by atoms with Gasteiger partial charge in [0.25, 0.3) is 0 Å². The van der Waals surface area contributed by atoms with Crippen LogP contribution in [0.2, 0.25) is 0 Å². The first-order chi connectivity index (χ1) is 13.1. The van der Waals surface area contributed by atoms with Crippen molar-refractivity contribution < 1.29 is 4.79 Å². The third kappa shape index (κ3) is 4.03. The first kappa shape index (κ1) is 17.7. The van der Waals surface area contributed by atoms with Crippen molar-refractivity contribution in [2.45, 2.75) is 37.9 Å². The summed E-state index contributed by atoms with van der Waals surface area (Å²) in [4.78, 5) is 16.6. The van der Waals surface area contributed by atoms with Crippen LogP contribution in [-0.4, -0.2) is 31.4 Å². The van der Waals surface area contributed by atoms with E-state index in [2.05, 4.69) is 31.1 Å². The molecule has 1 aliphatic carbocycles. The summed E-state index contributed by atoms with van der Waals surface area (Å²) in [6.45, 7) is 4.04. The van der Waals surface area contributed by atoms with Crippen LogP contribution in [0.15, 0.2) is 47.9 Å². The number of carbonyl (C=O) groups excluding carboxylic acids is 1. The molecule has 27 heavy (non-hydrogen) atoms. The molecule has 0 atom stereocenters. The van der Waals surface area contributed by atoms with Gasteiger partial charge in [-0.15, -0.1) is 10.2 Å². The third-order valence-electron chi connectivity index (χ3n) is 4.48. The summed E-state index contributed by atoms with van der Waals surface area (Å²) in [5.74, 6) is 1.08. The largest absolute Gasteiger partial charge is 0.325 e. The van der Waals surface area contributed by atoms with Gasteiger partial charge < -0.3 is 5.32 Å². The number of hydrogen-bond donors (Lipinski definition) is 1. The quantitative estimate of drug-likeness (QED) is 0.655. The fourth-order valence-electron chi connectivity index (χ4n) is 3.00. The highest BCUT2D eigenvalue weighted by Crippen LogP contribution is 2.40. The lowest BCUT2D eigenvalue weighted by Gasteiger charge is -2.10. The average Bonchev–Trinajstić information content (AvgIpc) is 3.42. The first-order valence-corrected chi connectivity index (χ1v) is 9.95. The molecule has 0 radical (unpaired) electrons. The number of benzene rings is 1. The molecule has 0 unspecified atom stereocenters. The van der Waals surface area contributed by atoms with E-state index in [4.69, 9.17) is 0 Å². The summed E-state index contributed by atoms with van der Waals surface area (Å²) in [7, 11) is 0. The van der Waals surface area contributed by atoms with E-state index in [1.54, 1.807) is 12.4 Å². The van der Waals surface area contributed by atoms with Gasteiger partial charge in [0.05, 0.1) is 5.75 Å². The molecule has 0 spiro atoms. The molecule has 2 heterocycles. The zero-order chi connectivity index (χ0) is 18.8. The minimum Gasteiger partial charge on any atom is -0.325 e. The molecular formula is C20H21N5OS. The second kappa shape index (κ2) is 7.52. The summed E-state index contributed by atoms with van der Waals surface area (Å²) in [6, 6.07) is 10.3. The number of anilines is 1. The Kier molecular flexibility index (Phi) is 4.94. The number of nitrogens with zero attached hydrogens (tertiary/aromatic N) is 4. The molecule has 1 aromatic carbocycles. The van der Waals surface area contributed by atoms with Gasteiger partial charge in [-0.25, -0.2) is 0 Å². The number of rotatable bonds is 6. The van der Waals surface area contributed by atoms with Crippen LogP contribution >= 0.6 is 11.8 Å². The Labute approximate surface area is 162 Å². The molecular weight excluding hydrogens is 358 g/mol. The van der Waals surface area contributed by atoms with Crippen molar-refractivity contribution in [3.63, 3.8) is 0 Å². The average molecular weight is 379 g/mol. The molecule has 1 N–H and O–H groups in total. The van der Waals surface area contributed by atoms with Crippen LogP contribution in [0.1, 0.15) is 30.0 Å². The Balaban J connectivity index is 1.47. The number of nitrogens with one attached hydrogen (secondary N) is 1. The van der Waals surface area contributed by atoms with Gasteiger partial charge in [0.15, 0.2) is 11.0 Å². The standard InChI is InChI=1S/C20H21N5OS/c1-13-5-8-17(14(2)10-13)22-18(26)12-27-20-24-23-19(25(20)16-6-7-16)15-4-3-9-21-11-15/h3-5,8-11,16H,6-7,12H2,1-2H3,(H,22,26). The molecule has 0 aliphatic heterocycles. The lowest BCUT2D eigenvalue weighted by atomic mass is 10.1. The molecule has 0 saturated heterocycles. The zero-order valence-electron chi connectivity index (χ0n) is 15.3. The second-order valence-electron chi connectivity index (χ2n) is 6.80. The molecule has 4 rings (SSSR count). The van der Waals surface area contributed by atoms with Crippen LogP contribution < -0.4 is 5.32 Å². The maximum Gasteiger partial charge on any atom is 0.234 e. The fourth-order valence-corrected chi connectivity index (χ4v) is 3.80. The Morgan fingerprint density at radius 3 is 2.81 bits per heavy atom. The van der Waals surface area contributed by atoms with E-state index < -0.39 is 0 Å². The molecule has 138 valence electrons. The Bertz CT molecular complexity index is 966. The molecule has 6 nitrogen and oxygen atoms in total. The minimum atomic E-state index is -0.0415. The van der Waals surface area contributed by atoms with Gasteiger partial charge in [-0.05, 0) is 50.5 Å². The number of hydrogen-bond acceptors (Lipinski definition) is 5. The minimum absolute atomic E-state index is 0.0415. The lowest BCUT2D eigenvalue weighted by Crippen LogP contribution is -2.15. The smallest absolute Gasteiger partial charge is 0.234 e. The van der Waals surface area contributed by atoms with E-state index in [0.717, 1.165) is 40.6 Å². The maximum atomic E-state index is 12.4. The second-order valence-corrected chi connectivity index (χ2v) is 7.75. The molecule has 0 bridgehead atoms. The number of thioether (sulfide) groups is 1. The van der Waals surface area contributed by atoms with E-state index in [1.165, 1.54) is 17.3 Å². The highest BCUT2D eigenvalue weighted by Gasteiger charge is 2.30. The maximum absolute atomic E-state index is 12.4. The summed E-state index contributed by atoms with van der Waals surface area (Å²) in [5, 5.41) is 12.5. The van der Waals surface area contributed by atoms with Gasteiger partial charge in [0.1, 0.15) is 0 Å². The van der Waals surface area contributed by atoms with Crippen LogP contribution in [0, 0.1) is 13.8 Å². The van der Waals surface area contributed by atoms with Crippen molar-refractivity contribution in [2.24, 2.45) is 0 Å². The topological polar surface area (TPSA) is 72.7 Å². The van der Waals surface area contributed by atoms with E-state index in [0.29, 0.717) is 11.8 Å². The van der Waals surface area contributed by atoms with Crippen molar-refractivity contribution >= 4 is 23.4 Å². The Hall–Kier alpha value is -2.67. The normalized spacial score (nSPS) is 13.6. The van der Waals surface area contributed by atoms with Gasteiger partial charge in [-0.1, -0.05) is 29.5 Å². The molecule has 1 saturated carbocycles. The predicted octanol–water partition coefficient (Wildman–Crippen LogP) is 4.02. The summed E-state index contributed by atoms with van der Waals surface area (Å²) in [6.07, 6.45) is 5.78. The fraction of sp³-hybridized carbons (Fsp3) is 0.300. The van der Waals surface area contributed by atoms with Crippen LogP contribution in [0.5, 0.6) is 0 Å². The van der Waals surface area contributed by atoms with E-state index >= 15 is 0 Å². The molecule has 7 heteroatoms. The van der Waals surface area contributed by atoms with Gasteiger partial charge in [-0.2, -0.15) is 0 Å². The molecule has 2 aromatic heterocycles. The van der Waals surface area contributed by atoms with Gasteiger partial charge in [-0.3, -0.25) is 14.3 Å². The number of pyridine rings is 1. The zero-order valence-corrected chi connectivity index (χ0v) is 16.2. The first-order valence-electron chi connectivity index (χ1n) is 8.97. The predicted molar refractivity (Wildman–Crippen MR) is 107 cm³/mol. The lowest BCUT2D eigenvalue weighted by molar-refractivity contribution is -0.113. The SMILES string of the molecule is Cc1ccc(NC(=O)CSc2nnc(-c3cccnc3)n2C2CC2)c(C)c1. The van der Waals surface area contributed by atoms with E-state index in [1.807, 2.05) is 38.1 Å². The van der Waals surface area contributed by atoms with E-state index in [9.17, 15) is 4.79 Å². The third-order valence-corrected chi connectivity index (χ3v) is 5.43. The van der Waals surface area contributed by atoms with Crippen LogP contribution in [0.4, 0.5) is 5.69 Å². The number of aromatic nitrogens is 4. The summed E-state index contributed by atoms with van der Waals surface area (Å²) >= 11 is 1.42. The Morgan fingerprint density at radius 1 is 1.26 bits per heavy atom. The van der Waals surface area contributed by atoms with Gasteiger partial charge >= 0.3 is 0 Å². The van der Waals surface area contributed by atoms with E-state index in [-0.39, 0.29) is 5.91 Å². The van der Waals surface area contributed by atoms with Crippen molar-refractivity contribution in [3.05, 3.63) is 53.9 Å². The van der Waals surface area contributed by atoms with Crippen LogP contribution in [0.25, 0.3) is 11.4 Å². The van der Waals surface area contributed by atoms with Crippen molar-refractivity contribution in [1.29, 1.82) is 0 Å². The van der Waals surface area contributed by atoms with Crippen LogP contribution in [-0.2, 0) is 4.79 Å². The van der Waals surface area contributed by atoms with Crippen molar-refractivity contribution in [1.82, 2.24) is 19.7 Å². The number of carbonyl (C=O) groups is 1. The van der Waals surface area contributed by atoms with Crippen molar-refractivity contribution in [2.75, 3.05) is 11.1 Å². The summed E-state index contributed by atoms with van der Waals surface area (Å²) in [5.41, 5.74) is 4.04. The van der Waals surface area contributed by atoms with Gasteiger partial charge in [0, 0.05) is 29.7 Å². The molecule has 1 fully saturated rings. The highest BCUT2D eigenvalue weighted by molar-refractivity contribution is 7.99. The number of amides is 1. The monoisotopic (exact) mass is 379 g/mol. The molecule has 1 aliphatic rings.